The number of aromatic nitrogens is 2. The van der Waals surface area contributed by atoms with Gasteiger partial charge >= 0.3 is 0 Å². The van der Waals surface area contributed by atoms with E-state index in [-0.39, 0.29) is 5.56 Å². The molecule has 3 aromatic rings. The normalized spacial score (nSPS) is 13.5. The third-order valence-corrected chi connectivity index (χ3v) is 6.39. The highest BCUT2D eigenvalue weighted by atomic mass is 35.5. The highest BCUT2D eigenvalue weighted by Gasteiger charge is 2.21. The Kier molecular flexibility index (Phi) is 5.32. The quantitative estimate of drug-likeness (QED) is 0.604. The molecule has 4 rings (SSSR count). The molecule has 1 aromatic carbocycles. The number of nitrogens with zero attached hydrogens (tertiary/aromatic N) is 2. The van der Waals surface area contributed by atoms with Crippen LogP contribution >= 0.6 is 22.9 Å². The van der Waals surface area contributed by atoms with Crippen LogP contribution in [0.3, 0.4) is 0 Å². The number of nitrogens with one attached hydrogen (secondary N) is 1. The average Bonchev–Trinajstić information content (AvgIpc) is 3.03. The molecule has 140 valence electrons. The van der Waals surface area contributed by atoms with Gasteiger partial charge in [-0.2, -0.15) is 0 Å². The van der Waals surface area contributed by atoms with Crippen LogP contribution in [0.25, 0.3) is 10.2 Å². The monoisotopic (exact) mass is 399 g/mol. The molecule has 2 heterocycles. The first-order valence-corrected chi connectivity index (χ1v) is 10.5. The summed E-state index contributed by atoms with van der Waals surface area (Å²) in [7, 11) is 0. The number of halogens is 1. The maximum atomic E-state index is 13.2. The zero-order valence-corrected chi connectivity index (χ0v) is 16.7. The number of hydrogen-bond donors (Lipinski definition) is 1. The summed E-state index contributed by atoms with van der Waals surface area (Å²) in [4.78, 5) is 20.2. The zero-order valence-electron chi connectivity index (χ0n) is 15.1. The molecular formula is C21H22ClN3OS. The number of anilines is 1. The fourth-order valence-corrected chi connectivity index (χ4v) is 5.15. The number of aryl methyl sites for hydroxylation is 2. The van der Waals surface area contributed by atoms with Crippen LogP contribution in [-0.2, 0) is 25.8 Å². The van der Waals surface area contributed by atoms with Gasteiger partial charge in [0.15, 0.2) is 0 Å². The lowest BCUT2D eigenvalue weighted by atomic mass is 9.97. The van der Waals surface area contributed by atoms with E-state index in [0.29, 0.717) is 19.0 Å². The van der Waals surface area contributed by atoms with E-state index in [9.17, 15) is 4.79 Å². The summed E-state index contributed by atoms with van der Waals surface area (Å²) in [5, 5.41) is 4.90. The molecule has 0 spiro atoms. The van der Waals surface area contributed by atoms with E-state index in [0.717, 1.165) is 46.5 Å². The average molecular weight is 400 g/mol. The van der Waals surface area contributed by atoms with Gasteiger partial charge in [-0.1, -0.05) is 29.8 Å². The van der Waals surface area contributed by atoms with Gasteiger partial charge in [-0.25, -0.2) is 4.98 Å². The summed E-state index contributed by atoms with van der Waals surface area (Å²) in [5.41, 5.74) is 2.42. The molecule has 2 aromatic heterocycles. The molecule has 0 atom stereocenters. The van der Waals surface area contributed by atoms with Gasteiger partial charge < -0.3 is 5.32 Å². The van der Waals surface area contributed by atoms with Crippen molar-refractivity contribution < 1.29 is 0 Å². The molecule has 0 saturated carbocycles. The highest BCUT2D eigenvalue weighted by Crippen LogP contribution is 2.34. The Hall–Kier alpha value is -2.11. The fourth-order valence-electron chi connectivity index (χ4n) is 3.68. The Labute approximate surface area is 167 Å². The second kappa shape index (κ2) is 7.87. The van der Waals surface area contributed by atoms with Crippen molar-refractivity contribution in [2.45, 2.75) is 38.6 Å². The summed E-state index contributed by atoms with van der Waals surface area (Å²) in [6.07, 6.45) is 6.96. The van der Waals surface area contributed by atoms with Gasteiger partial charge in [0, 0.05) is 23.0 Å². The van der Waals surface area contributed by atoms with Crippen molar-refractivity contribution in [3.8, 4) is 0 Å². The van der Waals surface area contributed by atoms with Gasteiger partial charge in [0.1, 0.15) is 4.83 Å². The van der Waals surface area contributed by atoms with Gasteiger partial charge in [0.2, 0.25) is 5.95 Å². The first-order chi connectivity index (χ1) is 13.2. The summed E-state index contributed by atoms with van der Waals surface area (Å²) in [6, 6.07) is 7.83. The van der Waals surface area contributed by atoms with E-state index in [1.54, 1.807) is 22.0 Å². The van der Waals surface area contributed by atoms with Crippen molar-refractivity contribution in [2.24, 2.45) is 0 Å². The lowest BCUT2D eigenvalue weighted by Crippen LogP contribution is -2.25. The standard InChI is InChI=1S/C21H22ClN3OS/c1-2-12-25-20(26)18-16-8-3-4-9-17(16)27-19(18)24-21(25)23-11-10-14-6-5-7-15(22)13-14/h2,5-7,13H,1,3-4,8-12H2,(H,23,24). The van der Waals surface area contributed by atoms with Gasteiger partial charge in [-0.05, 0) is 55.4 Å². The summed E-state index contributed by atoms with van der Waals surface area (Å²) < 4.78 is 1.70. The molecular weight excluding hydrogens is 378 g/mol. The predicted octanol–water partition coefficient (Wildman–Crippen LogP) is 4.83. The summed E-state index contributed by atoms with van der Waals surface area (Å²) in [5.74, 6) is 0.619. The largest absolute Gasteiger partial charge is 0.355 e. The third-order valence-electron chi connectivity index (χ3n) is 4.97. The summed E-state index contributed by atoms with van der Waals surface area (Å²) >= 11 is 7.73. The van der Waals surface area contributed by atoms with Crippen LogP contribution < -0.4 is 10.9 Å². The maximum Gasteiger partial charge on any atom is 0.264 e. The first kappa shape index (κ1) is 18.3. The van der Waals surface area contributed by atoms with Crippen LogP contribution in [-0.4, -0.2) is 16.1 Å². The molecule has 4 nitrogen and oxygen atoms in total. The lowest BCUT2D eigenvalue weighted by molar-refractivity contribution is 0.698. The van der Waals surface area contributed by atoms with Gasteiger partial charge in [0.25, 0.3) is 5.56 Å². The van der Waals surface area contributed by atoms with Crippen molar-refractivity contribution in [3.05, 3.63) is 68.3 Å². The zero-order chi connectivity index (χ0) is 18.8. The molecule has 0 amide bonds. The molecule has 0 saturated heterocycles. The molecule has 0 fully saturated rings. The number of rotatable bonds is 6. The van der Waals surface area contributed by atoms with E-state index >= 15 is 0 Å². The van der Waals surface area contributed by atoms with Crippen molar-refractivity contribution in [2.75, 3.05) is 11.9 Å². The van der Waals surface area contributed by atoms with Gasteiger partial charge in [-0.15, -0.1) is 17.9 Å². The number of thiophene rings is 1. The lowest BCUT2D eigenvalue weighted by Gasteiger charge is -2.14. The molecule has 1 aliphatic carbocycles. The maximum absolute atomic E-state index is 13.2. The van der Waals surface area contributed by atoms with E-state index in [4.69, 9.17) is 16.6 Å². The summed E-state index contributed by atoms with van der Waals surface area (Å²) in [6.45, 7) is 4.93. The topological polar surface area (TPSA) is 46.9 Å². The number of allylic oxidation sites excluding steroid dienone is 1. The van der Waals surface area contributed by atoms with Gasteiger partial charge in [-0.3, -0.25) is 9.36 Å². The van der Waals surface area contributed by atoms with Crippen LogP contribution in [0.5, 0.6) is 0 Å². The Balaban J connectivity index is 1.65. The van der Waals surface area contributed by atoms with E-state index in [2.05, 4.69) is 11.9 Å². The van der Waals surface area contributed by atoms with Crippen LogP contribution in [0.2, 0.25) is 5.02 Å². The second-order valence-electron chi connectivity index (χ2n) is 6.84. The molecule has 0 bridgehead atoms. The molecule has 1 N–H and O–H groups in total. The third kappa shape index (κ3) is 3.66. The minimum absolute atomic E-state index is 0.0459. The Morgan fingerprint density at radius 3 is 3.00 bits per heavy atom. The number of benzene rings is 1. The van der Waals surface area contributed by atoms with Crippen molar-refractivity contribution >= 4 is 39.1 Å². The van der Waals surface area contributed by atoms with Crippen LogP contribution in [0.15, 0.2) is 41.7 Å². The smallest absolute Gasteiger partial charge is 0.264 e. The molecule has 1 aliphatic rings. The Morgan fingerprint density at radius 2 is 2.19 bits per heavy atom. The minimum Gasteiger partial charge on any atom is -0.355 e. The number of fused-ring (bicyclic) bond motifs is 3. The van der Waals surface area contributed by atoms with Gasteiger partial charge in [0.05, 0.1) is 5.39 Å². The second-order valence-corrected chi connectivity index (χ2v) is 8.36. The van der Waals surface area contributed by atoms with Crippen molar-refractivity contribution in [1.82, 2.24) is 9.55 Å². The van der Waals surface area contributed by atoms with Crippen molar-refractivity contribution in [1.29, 1.82) is 0 Å². The number of hydrogen-bond acceptors (Lipinski definition) is 4. The van der Waals surface area contributed by atoms with Crippen molar-refractivity contribution in [3.63, 3.8) is 0 Å². The Morgan fingerprint density at radius 1 is 1.33 bits per heavy atom. The van der Waals surface area contributed by atoms with Crippen LogP contribution in [0.4, 0.5) is 5.95 Å². The molecule has 6 heteroatoms. The van der Waals surface area contributed by atoms with E-state index < -0.39 is 0 Å². The first-order valence-electron chi connectivity index (χ1n) is 9.31. The highest BCUT2D eigenvalue weighted by molar-refractivity contribution is 7.18. The molecule has 0 unspecified atom stereocenters. The Bertz CT molecular complexity index is 1050. The van der Waals surface area contributed by atoms with Crippen LogP contribution in [0, 0.1) is 0 Å². The minimum atomic E-state index is 0.0459. The predicted molar refractivity (Wildman–Crippen MR) is 114 cm³/mol. The SMILES string of the molecule is C=CCn1c(NCCc2cccc(Cl)c2)nc2sc3c(c2c1=O)CCCC3. The van der Waals surface area contributed by atoms with E-state index in [1.165, 1.54) is 16.9 Å². The molecule has 27 heavy (non-hydrogen) atoms. The fraction of sp³-hybridized carbons (Fsp3) is 0.333. The molecule has 0 radical (unpaired) electrons. The molecule has 0 aliphatic heterocycles. The van der Waals surface area contributed by atoms with Crippen LogP contribution in [0.1, 0.15) is 28.8 Å². The van der Waals surface area contributed by atoms with E-state index in [1.807, 2.05) is 24.3 Å².